The van der Waals surface area contributed by atoms with Crippen LogP contribution >= 0.6 is 47.2 Å². The lowest BCUT2D eigenvalue weighted by Crippen LogP contribution is -2.46. The van der Waals surface area contributed by atoms with E-state index in [9.17, 15) is 9.90 Å². The number of fused-ring (bicyclic) bond motifs is 1. The molecule has 2 aromatic rings. The highest BCUT2D eigenvalue weighted by molar-refractivity contribution is 6.42. The second-order valence-corrected chi connectivity index (χ2v) is 6.49. The Hall–Kier alpha value is -1.01. The van der Waals surface area contributed by atoms with Crippen molar-refractivity contribution >= 4 is 53.1 Å². The van der Waals surface area contributed by atoms with Gasteiger partial charge < -0.3 is 15.7 Å². The number of benzene rings is 2. The van der Waals surface area contributed by atoms with Crippen molar-refractivity contribution in [3.63, 3.8) is 0 Å². The molecule has 0 saturated carbocycles. The summed E-state index contributed by atoms with van der Waals surface area (Å²) in [7, 11) is 0. The van der Waals surface area contributed by atoms with Gasteiger partial charge in [0.2, 0.25) is 0 Å². The fourth-order valence-electron chi connectivity index (χ4n) is 2.84. The molecule has 2 aromatic carbocycles. The first-order valence-corrected chi connectivity index (χ1v) is 8.03. The van der Waals surface area contributed by atoms with E-state index in [4.69, 9.17) is 40.5 Å². The molecule has 1 atom stereocenters. The van der Waals surface area contributed by atoms with Gasteiger partial charge in [-0.25, -0.2) is 0 Å². The van der Waals surface area contributed by atoms with Gasteiger partial charge in [0.1, 0.15) is 0 Å². The van der Waals surface area contributed by atoms with E-state index in [-0.39, 0.29) is 41.4 Å². The second kappa shape index (κ2) is 7.08. The van der Waals surface area contributed by atoms with E-state index in [0.29, 0.717) is 21.7 Å². The van der Waals surface area contributed by atoms with Crippen molar-refractivity contribution in [1.29, 1.82) is 0 Å². The maximum Gasteiger partial charge on any atom is 0.257 e. The first-order chi connectivity index (χ1) is 10.9. The molecular formula is C16H14Cl4N2O2. The molecule has 0 aliphatic carbocycles. The fourth-order valence-corrected chi connectivity index (χ4v) is 3.29. The predicted molar refractivity (Wildman–Crippen MR) is 98.3 cm³/mol. The van der Waals surface area contributed by atoms with Gasteiger partial charge in [-0.15, -0.1) is 12.4 Å². The van der Waals surface area contributed by atoms with Crippen LogP contribution in [-0.2, 0) is 5.72 Å². The van der Waals surface area contributed by atoms with Crippen LogP contribution in [0, 0.1) is 0 Å². The molecule has 3 rings (SSSR count). The van der Waals surface area contributed by atoms with E-state index in [1.165, 1.54) is 17.0 Å². The summed E-state index contributed by atoms with van der Waals surface area (Å²) in [6.07, 6.45) is 0. The highest BCUT2D eigenvalue weighted by Crippen LogP contribution is 2.44. The minimum Gasteiger partial charge on any atom is -0.363 e. The predicted octanol–water partition coefficient (Wildman–Crippen LogP) is 3.68. The van der Waals surface area contributed by atoms with E-state index < -0.39 is 5.72 Å². The molecule has 0 bridgehead atoms. The third-order valence-corrected chi connectivity index (χ3v) is 4.88. The number of amides is 1. The van der Waals surface area contributed by atoms with Crippen molar-refractivity contribution in [2.24, 2.45) is 5.73 Å². The highest BCUT2D eigenvalue weighted by atomic mass is 35.5. The van der Waals surface area contributed by atoms with E-state index >= 15 is 0 Å². The van der Waals surface area contributed by atoms with Crippen molar-refractivity contribution in [2.75, 3.05) is 13.1 Å². The molecule has 3 N–H and O–H groups in total. The number of carbonyl (C=O) groups is 1. The molecule has 128 valence electrons. The fraction of sp³-hybridized carbons (Fsp3) is 0.188. The maximum absolute atomic E-state index is 12.7. The van der Waals surface area contributed by atoms with E-state index in [1.54, 1.807) is 24.3 Å². The number of aliphatic hydroxyl groups is 1. The standard InChI is InChI=1S/C16H13Cl3N2O2.ClH/c17-10-3-1-9(2-4-10)16(23)12-8-14(19)13(18)7-11(12)15(22)21(16)6-5-20;/h1-4,7-8,23H,5-6,20H2;1H. The Labute approximate surface area is 160 Å². The average molecular weight is 408 g/mol. The molecule has 0 spiro atoms. The van der Waals surface area contributed by atoms with Gasteiger partial charge in [-0.2, -0.15) is 0 Å². The van der Waals surface area contributed by atoms with Crippen molar-refractivity contribution < 1.29 is 9.90 Å². The Kier molecular flexibility index (Phi) is 5.70. The van der Waals surface area contributed by atoms with Crippen LogP contribution in [0.15, 0.2) is 36.4 Å². The number of rotatable bonds is 3. The molecule has 0 aromatic heterocycles. The SMILES string of the molecule is Cl.NCCN1C(=O)c2cc(Cl)c(Cl)cc2C1(O)c1ccc(Cl)cc1. The smallest absolute Gasteiger partial charge is 0.257 e. The van der Waals surface area contributed by atoms with Crippen LogP contribution in [0.5, 0.6) is 0 Å². The van der Waals surface area contributed by atoms with Gasteiger partial charge in [0.15, 0.2) is 5.72 Å². The van der Waals surface area contributed by atoms with Gasteiger partial charge in [-0.05, 0) is 24.3 Å². The number of nitrogens with two attached hydrogens (primary N) is 1. The molecule has 8 heteroatoms. The van der Waals surface area contributed by atoms with E-state index in [2.05, 4.69) is 0 Å². The van der Waals surface area contributed by atoms with Crippen molar-refractivity contribution in [1.82, 2.24) is 4.90 Å². The lowest BCUT2D eigenvalue weighted by atomic mass is 9.94. The summed E-state index contributed by atoms with van der Waals surface area (Å²) < 4.78 is 0. The van der Waals surface area contributed by atoms with Crippen LogP contribution in [0.25, 0.3) is 0 Å². The zero-order valence-corrected chi connectivity index (χ0v) is 15.4. The van der Waals surface area contributed by atoms with E-state index in [1.807, 2.05) is 0 Å². The third kappa shape index (κ3) is 2.88. The number of hydrogen-bond donors (Lipinski definition) is 2. The second-order valence-electron chi connectivity index (χ2n) is 5.24. The Balaban J connectivity index is 0.00000208. The number of nitrogens with zero attached hydrogens (tertiary/aromatic N) is 1. The lowest BCUT2D eigenvalue weighted by molar-refractivity contribution is -0.0484. The zero-order chi connectivity index (χ0) is 16.8. The zero-order valence-electron chi connectivity index (χ0n) is 12.3. The van der Waals surface area contributed by atoms with Gasteiger partial charge in [-0.1, -0.05) is 46.9 Å². The molecule has 1 heterocycles. The molecule has 24 heavy (non-hydrogen) atoms. The van der Waals surface area contributed by atoms with Crippen molar-refractivity contribution in [3.05, 3.63) is 68.2 Å². The molecule has 1 aliphatic rings. The highest BCUT2D eigenvalue weighted by Gasteiger charge is 2.49. The normalized spacial score (nSPS) is 19.2. The summed E-state index contributed by atoms with van der Waals surface area (Å²) in [5.41, 5.74) is 5.14. The van der Waals surface area contributed by atoms with Crippen LogP contribution in [0.1, 0.15) is 21.5 Å². The first kappa shape index (κ1) is 19.3. The molecule has 1 unspecified atom stereocenters. The molecular weight excluding hydrogens is 394 g/mol. The van der Waals surface area contributed by atoms with E-state index in [0.717, 1.165) is 0 Å². The topological polar surface area (TPSA) is 66.6 Å². The maximum atomic E-state index is 12.7. The Morgan fingerprint density at radius 2 is 1.67 bits per heavy atom. The largest absolute Gasteiger partial charge is 0.363 e. The number of halogens is 4. The first-order valence-electron chi connectivity index (χ1n) is 6.89. The quantitative estimate of drug-likeness (QED) is 0.815. The Morgan fingerprint density at radius 3 is 2.25 bits per heavy atom. The monoisotopic (exact) mass is 406 g/mol. The average Bonchev–Trinajstić information content (AvgIpc) is 2.72. The minimum atomic E-state index is -1.66. The summed E-state index contributed by atoms with van der Waals surface area (Å²) in [6.45, 7) is 0.388. The Bertz CT molecular complexity index is 782. The van der Waals surface area contributed by atoms with Crippen LogP contribution < -0.4 is 5.73 Å². The summed E-state index contributed by atoms with van der Waals surface area (Å²) in [6, 6.07) is 9.61. The minimum absolute atomic E-state index is 0. The number of hydrogen-bond acceptors (Lipinski definition) is 3. The van der Waals surface area contributed by atoms with Crippen LogP contribution in [0.3, 0.4) is 0 Å². The molecule has 4 nitrogen and oxygen atoms in total. The lowest BCUT2D eigenvalue weighted by Gasteiger charge is -2.34. The summed E-state index contributed by atoms with van der Waals surface area (Å²) in [4.78, 5) is 14.0. The molecule has 0 fully saturated rings. The van der Waals surface area contributed by atoms with Gasteiger partial charge in [0.25, 0.3) is 5.91 Å². The van der Waals surface area contributed by atoms with Crippen LogP contribution in [0.2, 0.25) is 15.1 Å². The Morgan fingerprint density at radius 1 is 1.08 bits per heavy atom. The molecule has 0 saturated heterocycles. The summed E-state index contributed by atoms with van der Waals surface area (Å²) in [5.74, 6) is -0.346. The van der Waals surface area contributed by atoms with Gasteiger partial charge in [-0.3, -0.25) is 4.79 Å². The van der Waals surface area contributed by atoms with Crippen molar-refractivity contribution in [3.8, 4) is 0 Å². The molecule has 1 amide bonds. The van der Waals surface area contributed by atoms with Gasteiger partial charge in [0, 0.05) is 34.8 Å². The van der Waals surface area contributed by atoms with Gasteiger partial charge >= 0.3 is 0 Å². The molecule has 1 aliphatic heterocycles. The van der Waals surface area contributed by atoms with Crippen molar-refractivity contribution in [2.45, 2.75) is 5.72 Å². The van der Waals surface area contributed by atoms with Crippen LogP contribution in [0.4, 0.5) is 0 Å². The summed E-state index contributed by atoms with van der Waals surface area (Å²) in [5, 5.41) is 12.4. The van der Waals surface area contributed by atoms with Gasteiger partial charge in [0.05, 0.1) is 10.0 Å². The van der Waals surface area contributed by atoms with Crippen LogP contribution in [-0.4, -0.2) is 29.0 Å². The molecule has 0 radical (unpaired) electrons. The summed E-state index contributed by atoms with van der Waals surface area (Å²) >= 11 is 18.0. The third-order valence-electron chi connectivity index (χ3n) is 3.90. The number of carbonyl (C=O) groups excluding carboxylic acids is 1.